The summed E-state index contributed by atoms with van der Waals surface area (Å²) in [6, 6.07) is 2.40. The van der Waals surface area contributed by atoms with E-state index in [4.69, 9.17) is 5.11 Å². The third kappa shape index (κ3) is 4.33. The van der Waals surface area contributed by atoms with Gasteiger partial charge in [-0.1, -0.05) is 0 Å². The van der Waals surface area contributed by atoms with Gasteiger partial charge in [0, 0.05) is 35.5 Å². The number of likely N-dealkylation sites (tertiary alicyclic amines) is 1. The van der Waals surface area contributed by atoms with Crippen LogP contribution in [0.3, 0.4) is 0 Å². The van der Waals surface area contributed by atoms with Gasteiger partial charge >= 0.3 is 5.97 Å². The summed E-state index contributed by atoms with van der Waals surface area (Å²) < 4.78 is 1.73. The van der Waals surface area contributed by atoms with Crippen molar-refractivity contribution in [1.82, 2.24) is 14.7 Å². The SMILES string of the molecule is Cc1cc(CCCC(=O)N2CCC(n3cc(C(=O)O)cn3)CC2)c(C)s1. The number of aromatic carboxylic acids is 1. The molecule has 1 amide bonds. The highest BCUT2D eigenvalue weighted by Gasteiger charge is 2.24. The molecule has 1 saturated heterocycles. The van der Waals surface area contributed by atoms with Crippen molar-refractivity contribution in [2.75, 3.05) is 13.1 Å². The van der Waals surface area contributed by atoms with Gasteiger partial charge in [-0.05, 0) is 51.2 Å². The Morgan fingerprint density at radius 2 is 2.04 bits per heavy atom. The highest BCUT2D eigenvalue weighted by Crippen LogP contribution is 2.24. The number of hydrogen-bond donors (Lipinski definition) is 1. The number of hydrogen-bond acceptors (Lipinski definition) is 4. The third-order valence-corrected chi connectivity index (χ3v) is 6.03. The molecule has 0 bridgehead atoms. The Morgan fingerprint density at radius 1 is 1.31 bits per heavy atom. The molecule has 1 aliphatic heterocycles. The molecule has 1 aliphatic rings. The summed E-state index contributed by atoms with van der Waals surface area (Å²) in [4.78, 5) is 28.0. The Kier molecular flexibility index (Phi) is 5.76. The number of aryl methyl sites for hydroxylation is 3. The minimum atomic E-state index is -0.958. The van der Waals surface area contributed by atoms with Crippen LogP contribution in [0.25, 0.3) is 0 Å². The molecule has 0 unspecified atom stereocenters. The first-order valence-corrected chi connectivity index (χ1v) is 9.87. The first-order valence-electron chi connectivity index (χ1n) is 9.05. The van der Waals surface area contributed by atoms with Gasteiger partial charge in [0.05, 0.1) is 17.8 Å². The quantitative estimate of drug-likeness (QED) is 0.839. The summed E-state index contributed by atoms with van der Waals surface area (Å²) >= 11 is 1.82. The molecule has 7 heteroatoms. The number of thiophene rings is 1. The normalized spacial score (nSPS) is 15.4. The number of aromatic nitrogens is 2. The zero-order valence-corrected chi connectivity index (χ0v) is 16.1. The zero-order chi connectivity index (χ0) is 18.7. The Labute approximate surface area is 157 Å². The molecule has 1 N–H and O–H groups in total. The van der Waals surface area contributed by atoms with Gasteiger partial charge < -0.3 is 10.0 Å². The van der Waals surface area contributed by atoms with Crippen LogP contribution in [0.1, 0.15) is 57.4 Å². The summed E-state index contributed by atoms with van der Waals surface area (Å²) in [5, 5.41) is 13.1. The van der Waals surface area contributed by atoms with E-state index in [1.165, 1.54) is 21.5 Å². The largest absolute Gasteiger partial charge is 0.478 e. The lowest BCUT2D eigenvalue weighted by molar-refractivity contribution is -0.132. The summed E-state index contributed by atoms with van der Waals surface area (Å²) in [5.41, 5.74) is 1.58. The maximum absolute atomic E-state index is 12.4. The van der Waals surface area contributed by atoms with Gasteiger partial charge in [0.1, 0.15) is 0 Å². The first kappa shape index (κ1) is 18.6. The minimum Gasteiger partial charge on any atom is -0.478 e. The topological polar surface area (TPSA) is 75.4 Å². The Bertz CT molecular complexity index is 788. The number of carboxylic acid groups (broad SMARTS) is 1. The monoisotopic (exact) mass is 375 g/mol. The van der Waals surface area contributed by atoms with Crippen molar-refractivity contribution in [1.29, 1.82) is 0 Å². The molecule has 2 aromatic heterocycles. The van der Waals surface area contributed by atoms with E-state index in [0.29, 0.717) is 19.5 Å². The van der Waals surface area contributed by atoms with Crippen molar-refractivity contribution < 1.29 is 14.7 Å². The van der Waals surface area contributed by atoms with Crippen LogP contribution in [0.2, 0.25) is 0 Å². The van der Waals surface area contributed by atoms with Gasteiger partial charge in [-0.3, -0.25) is 9.48 Å². The molecule has 6 nitrogen and oxygen atoms in total. The van der Waals surface area contributed by atoms with E-state index >= 15 is 0 Å². The fraction of sp³-hybridized carbons (Fsp3) is 0.526. The minimum absolute atomic E-state index is 0.170. The summed E-state index contributed by atoms with van der Waals surface area (Å²) in [6.07, 6.45) is 7.03. The van der Waals surface area contributed by atoms with Gasteiger partial charge in [-0.15, -0.1) is 11.3 Å². The van der Waals surface area contributed by atoms with E-state index < -0.39 is 5.97 Å². The Balaban J connectivity index is 1.44. The highest BCUT2D eigenvalue weighted by molar-refractivity contribution is 7.12. The number of rotatable bonds is 6. The van der Waals surface area contributed by atoms with Crippen molar-refractivity contribution in [3.63, 3.8) is 0 Å². The van der Waals surface area contributed by atoms with Crippen LogP contribution in [-0.4, -0.2) is 44.8 Å². The molecule has 0 spiro atoms. The molecule has 140 valence electrons. The highest BCUT2D eigenvalue weighted by atomic mass is 32.1. The fourth-order valence-electron chi connectivity index (χ4n) is 3.55. The van der Waals surface area contributed by atoms with Crippen LogP contribution in [0.5, 0.6) is 0 Å². The molecule has 0 atom stereocenters. The van der Waals surface area contributed by atoms with E-state index in [-0.39, 0.29) is 17.5 Å². The van der Waals surface area contributed by atoms with Crippen LogP contribution < -0.4 is 0 Å². The van der Waals surface area contributed by atoms with Gasteiger partial charge in [0.25, 0.3) is 0 Å². The van der Waals surface area contributed by atoms with Crippen molar-refractivity contribution in [2.45, 2.75) is 52.0 Å². The molecule has 26 heavy (non-hydrogen) atoms. The van der Waals surface area contributed by atoms with Crippen molar-refractivity contribution >= 4 is 23.2 Å². The van der Waals surface area contributed by atoms with Crippen molar-refractivity contribution in [3.05, 3.63) is 39.3 Å². The average molecular weight is 375 g/mol. The molecule has 3 rings (SSSR count). The predicted molar refractivity (Wildman–Crippen MR) is 101 cm³/mol. The number of amides is 1. The van der Waals surface area contributed by atoms with E-state index in [1.807, 2.05) is 16.2 Å². The lowest BCUT2D eigenvalue weighted by Crippen LogP contribution is -2.39. The summed E-state index contributed by atoms with van der Waals surface area (Å²) in [6.45, 7) is 5.69. The fourth-order valence-corrected chi connectivity index (χ4v) is 4.52. The van der Waals surface area contributed by atoms with E-state index in [0.717, 1.165) is 25.7 Å². The van der Waals surface area contributed by atoms with Gasteiger partial charge in [0.15, 0.2) is 0 Å². The van der Waals surface area contributed by atoms with Crippen LogP contribution in [0.15, 0.2) is 18.5 Å². The maximum Gasteiger partial charge on any atom is 0.338 e. The Morgan fingerprint density at radius 3 is 2.62 bits per heavy atom. The molecular weight excluding hydrogens is 350 g/mol. The lowest BCUT2D eigenvalue weighted by Gasteiger charge is -2.32. The second kappa shape index (κ2) is 8.03. The number of carboxylic acids is 1. The van der Waals surface area contributed by atoms with Gasteiger partial charge in [-0.2, -0.15) is 5.10 Å². The number of carbonyl (C=O) groups excluding carboxylic acids is 1. The van der Waals surface area contributed by atoms with Crippen LogP contribution in [-0.2, 0) is 11.2 Å². The van der Waals surface area contributed by atoms with Crippen molar-refractivity contribution in [2.24, 2.45) is 0 Å². The summed E-state index contributed by atoms with van der Waals surface area (Å²) in [7, 11) is 0. The standard InChI is InChI=1S/C19H25N3O3S/c1-13-10-15(14(2)26-13)4-3-5-18(23)21-8-6-17(7-9-21)22-12-16(11-20-22)19(24)25/h10-12,17H,3-9H2,1-2H3,(H,24,25). The van der Waals surface area contributed by atoms with Crippen LogP contribution in [0, 0.1) is 13.8 Å². The van der Waals surface area contributed by atoms with Crippen molar-refractivity contribution in [3.8, 4) is 0 Å². The van der Waals surface area contributed by atoms with E-state index in [1.54, 1.807) is 10.9 Å². The molecule has 0 saturated carbocycles. The molecule has 3 heterocycles. The number of carbonyl (C=O) groups is 2. The molecule has 0 aromatic carbocycles. The van der Waals surface area contributed by atoms with Crippen LogP contribution in [0.4, 0.5) is 0 Å². The molecule has 0 aliphatic carbocycles. The molecule has 2 aromatic rings. The predicted octanol–water partition coefficient (Wildman–Crippen LogP) is 3.45. The number of nitrogens with zero attached hydrogens (tertiary/aromatic N) is 3. The second-order valence-corrected chi connectivity index (χ2v) is 8.38. The zero-order valence-electron chi connectivity index (χ0n) is 15.3. The maximum atomic E-state index is 12.4. The summed E-state index contributed by atoms with van der Waals surface area (Å²) in [5.74, 6) is -0.736. The third-order valence-electron chi connectivity index (χ3n) is 5.02. The average Bonchev–Trinajstić information content (AvgIpc) is 3.22. The smallest absolute Gasteiger partial charge is 0.338 e. The molecule has 1 fully saturated rings. The van der Waals surface area contributed by atoms with E-state index in [9.17, 15) is 9.59 Å². The van der Waals surface area contributed by atoms with Gasteiger partial charge in [-0.25, -0.2) is 4.79 Å². The first-order chi connectivity index (χ1) is 12.4. The number of piperidine rings is 1. The Hall–Kier alpha value is -2.15. The molecular formula is C19H25N3O3S. The van der Waals surface area contributed by atoms with Crippen LogP contribution >= 0.6 is 11.3 Å². The van der Waals surface area contributed by atoms with Gasteiger partial charge in [0.2, 0.25) is 5.91 Å². The second-order valence-electron chi connectivity index (χ2n) is 6.92. The lowest BCUT2D eigenvalue weighted by atomic mass is 10.0. The molecule has 0 radical (unpaired) electrons. The van der Waals surface area contributed by atoms with E-state index in [2.05, 4.69) is 25.0 Å².